The minimum absolute atomic E-state index is 0.125. The summed E-state index contributed by atoms with van der Waals surface area (Å²) in [6.45, 7) is 3.76. The fraction of sp³-hybridized carbons (Fsp3) is 0.833. The topological polar surface area (TPSA) is 62.1 Å². The van der Waals surface area contributed by atoms with Crippen molar-refractivity contribution in [3.05, 3.63) is 0 Å². The molecule has 0 aliphatic heterocycles. The summed E-state index contributed by atoms with van der Waals surface area (Å²) in [5, 5.41) is 12.0. The molecule has 0 spiro atoms. The van der Waals surface area contributed by atoms with Crippen LogP contribution in [0.3, 0.4) is 0 Å². The maximum Gasteiger partial charge on any atom is 0.240 e. The van der Waals surface area contributed by atoms with Crippen LogP contribution < -0.4 is 5.32 Å². The van der Waals surface area contributed by atoms with Crippen molar-refractivity contribution in [1.29, 1.82) is 5.26 Å². The third-order valence-corrected chi connectivity index (χ3v) is 3.62. The molecule has 0 unspecified atom stereocenters. The van der Waals surface area contributed by atoms with Crippen LogP contribution in [0.2, 0.25) is 0 Å². The second-order valence-electron chi connectivity index (χ2n) is 4.40. The molecule has 1 amide bonds. The molecule has 90 valence electrons. The molecule has 4 heteroatoms. The molecule has 0 aromatic rings. The number of carbonyl (C=O) groups excluding carboxylic acids is 1. The smallest absolute Gasteiger partial charge is 0.240 e. The number of hydrogen-bond acceptors (Lipinski definition) is 3. The number of nitrogens with zero attached hydrogens (tertiary/aromatic N) is 1. The molecule has 1 N–H and O–H groups in total. The van der Waals surface area contributed by atoms with Crippen LogP contribution in [0.4, 0.5) is 0 Å². The van der Waals surface area contributed by atoms with Crippen LogP contribution >= 0.6 is 0 Å². The molecule has 0 aromatic heterocycles. The lowest BCUT2D eigenvalue weighted by Gasteiger charge is -2.36. The Labute approximate surface area is 97.0 Å². The second-order valence-corrected chi connectivity index (χ2v) is 4.40. The first-order valence-electron chi connectivity index (χ1n) is 5.86. The van der Waals surface area contributed by atoms with Crippen LogP contribution in [0, 0.1) is 16.7 Å². The van der Waals surface area contributed by atoms with Gasteiger partial charge in [0.2, 0.25) is 5.91 Å². The van der Waals surface area contributed by atoms with Gasteiger partial charge in [-0.15, -0.1) is 0 Å². The lowest BCUT2D eigenvalue weighted by atomic mass is 9.81. The first kappa shape index (κ1) is 13.0. The van der Waals surface area contributed by atoms with Crippen molar-refractivity contribution in [3.8, 4) is 6.07 Å². The number of rotatable bonds is 5. The Kier molecular flexibility index (Phi) is 4.31. The molecule has 16 heavy (non-hydrogen) atoms. The van der Waals surface area contributed by atoms with Gasteiger partial charge in [-0.05, 0) is 25.7 Å². The van der Waals surface area contributed by atoms with Crippen molar-refractivity contribution in [2.24, 2.45) is 5.41 Å². The zero-order valence-electron chi connectivity index (χ0n) is 10.2. The van der Waals surface area contributed by atoms with Crippen molar-refractivity contribution in [2.45, 2.75) is 51.7 Å². The zero-order chi connectivity index (χ0) is 12.2. The third kappa shape index (κ3) is 2.35. The number of methoxy groups -OCH3 is 1. The fourth-order valence-corrected chi connectivity index (χ4v) is 1.98. The SMILES string of the molecule is CCC(C#N)(CC)C(=O)NC1CC(OC)C1. The van der Waals surface area contributed by atoms with Gasteiger partial charge >= 0.3 is 0 Å². The number of nitriles is 1. The van der Waals surface area contributed by atoms with E-state index in [1.165, 1.54) is 0 Å². The molecule has 0 aromatic carbocycles. The zero-order valence-corrected chi connectivity index (χ0v) is 10.2. The van der Waals surface area contributed by atoms with E-state index in [9.17, 15) is 4.79 Å². The third-order valence-electron chi connectivity index (χ3n) is 3.62. The molecular formula is C12H20N2O2. The molecule has 1 fully saturated rings. The molecule has 1 saturated carbocycles. The van der Waals surface area contributed by atoms with Crippen molar-refractivity contribution >= 4 is 5.91 Å². The van der Waals surface area contributed by atoms with Crippen molar-refractivity contribution in [2.75, 3.05) is 7.11 Å². The maximum atomic E-state index is 12.0. The Hall–Kier alpha value is -1.08. The summed E-state index contributed by atoms with van der Waals surface area (Å²) in [4.78, 5) is 12.0. The summed E-state index contributed by atoms with van der Waals surface area (Å²) < 4.78 is 5.15. The van der Waals surface area contributed by atoms with Crippen molar-refractivity contribution in [1.82, 2.24) is 5.32 Å². The second kappa shape index (κ2) is 5.31. The Bertz CT molecular complexity index is 286. The van der Waals surface area contributed by atoms with Gasteiger partial charge in [0.15, 0.2) is 0 Å². The Balaban J connectivity index is 2.49. The number of carbonyl (C=O) groups is 1. The van der Waals surface area contributed by atoms with Gasteiger partial charge in [-0.2, -0.15) is 5.26 Å². The van der Waals surface area contributed by atoms with E-state index in [4.69, 9.17) is 10.00 Å². The summed E-state index contributed by atoms with van der Waals surface area (Å²) in [6.07, 6.45) is 3.11. The predicted molar refractivity (Wildman–Crippen MR) is 60.6 cm³/mol. The lowest BCUT2D eigenvalue weighted by molar-refractivity contribution is -0.130. The van der Waals surface area contributed by atoms with Crippen LogP contribution in [-0.4, -0.2) is 25.2 Å². The fourth-order valence-electron chi connectivity index (χ4n) is 1.98. The molecule has 0 heterocycles. The van der Waals surface area contributed by atoms with Crippen LogP contribution in [0.15, 0.2) is 0 Å². The highest BCUT2D eigenvalue weighted by atomic mass is 16.5. The van der Waals surface area contributed by atoms with Gasteiger partial charge in [0.25, 0.3) is 0 Å². The molecule has 1 aliphatic carbocycles. The van der Waals surface area contributed by atoms with Gasteiger partial charge in [0.05, 0.1) is 12.2 Å². The highest BCUT2D eigenvalue weighted by Crippen LogP contribution is 2.28. The van der Waals surface area contributed by atoms with Crippen LogP contribution in [0.25, 0.3) is 0 Å². The molecule has 0 bridgehead atoms. The lowest BCUT2D eigenvalue weighted by Crippen LogP contribution is -2.51. The molecule has 1 rings (SSSR count). The van der Waals surface area contributed by atoms with Gasteiger partial charge < -0.3 is 10.1 Å². The highest BCUT2D eigenvalue weighted by Gasteiger charge is 2.38. The number of amides is 1. The average molecular weight is 224 g/mol. The molecular weight excluding hydrogens is 204 g/mol. The monoisotopic (exact) mass is 224 g/mol. The number of hydrogen-bond donors (Lipinski definition) is 1. The first-order valence-corrected chi connectivity index (χ1v) is 5.86. The predicted octanol–water partition coefficient (Wildman–Crippen LogP) is 1.61. The van der Waals surface area contributed by atoms with E-state index in [1.807, 2.05) is 13.8 Å². The van der Waals surface area contributed by atoms with Crippen molar-refractivity contribution in [3.63, 3.8) is 0 Å². The van der Waals surface area contributed by atoms with E-state index in [-0.39, 0.29) is 18.1 Å². The average Bonchev–Trinajstić information content (AvgIpc) is 2.26. The molecule has 0 atom stereocenters. The first-order chi connectivity index (χ1) is 7.61. The van der Waals surface area contributed by atoms with Crippen LogP contribution in [0.5, 0.6) is 0 Å². The normalized spacial score (nSPS) is 24.4. The van der Waals surface area contributed by atoms with E-state index in [0.717, 1.165) is 12.8 Å². The molecule has 0 radical (unpaired) electrons. The standard InChI is InChI=1S/C12H20N2O2/c1-4-12(5-2,8-13)11(15)14-9-6-10(7-9)16-3/h9-10H,4-7H2,1-3H3,(H,14,15). The maximum absolute atomic E-state index is 12.0. The molecule has 0 saturated heterocycles. The summed E-state index contributed by atoms with van der Waals surface area (Å²) in [5.41, 5.74) is -0.849. The summed E-state index contributed by atoms with van der Waals surface area (Å²) >= 11 is 0. The summed E-state index contributed by atoms with van der Waals surface area (Å²) in [6, 6.07) is 2.33. The van der Waals surface area contributed by atoms with E-state index in [0.29, 0.717) is 12.8 Å². The molecule has 4 nitrogen and oxygen atoms in total. The Morgan fingerprint density at radius 3 is 2.44 bits per heavy atom. The van der Waals surface area contributed by atoms with Gasteiger partial charge in [-0.25, -0.2) is 0 Å². The van der Waals surface area contributed by atoms with E-state index in [1.54, 1.807) is 7.11 Å². The van der Waals surface area contributed by atoms with Gasteiger partial charge in [-0.1, -0.05) is 13.8 Å². The molecule has 1 aliphatic rings. The summed E-state index contributed by atoms with van der Waals surface area (Å²) in [7, 11) is 1.68. The van der Waals surface area contributed by atoms with Gasteiger partial charge in [0.1, 0.15) is 5.41 Å². The largest absolute Gasteiger partial charge is 0.381 e. The van der Waals surface area contributed by atoms with Crippen molar-refractivity contribution < 1.29 is 9.53 Å². The van der Waals surface area contributed by atoms with E-state index < -0.39 is 5.41 Å². The van der Waals surface area contributed by atoms with Crippen LogP contribution in [0.1, 0.15) is 39.5 Å². The van der Waals surface area contributed by atoms with E-state index in [2.05, 4.69) is 11.4 Å². The van der Waals surface area contributed by atoms with Gasteiger partial charge in [-0.3, -0.25) is 4.79 Å². The quantitative estimate of drug-likeness (QED) is 0.771. The highest BCUT2D eigenvalue weighted by molar-refractivity contribution is 5.85. The minimum atomic E-state index is -0.849. The number of nitrogens with one attached hydrogen (secondary N) is 1. The van der Waals surface area contributed by atoms with Gasteiger partial charge in [0, 0.05) is 13.2 Å². The minimum Gasteiger partial charge on any atom is -0.381 e. The summed E-state index contributed by atoms with van der Waals surface area (Å²) in [5.74, 6) is -0.125. The van der Waals surface area contributed by atoms with Crippen LogP contribution in [-0.2, 0) is 9.53 Å². The number of ether oxygens (including phenoxy) is 1. The van der Waals surface area contributed by atoms with E-state index >= 15 is 0 Å². The Morgan fingerprint density at radius 1 is 1.50 bits per heavy atom. The Morgan fingerprint density at radius 2 is 2.06 bits per heavy atom.